The minimum atomic E-state index is 0.369. The molecule has 1 N–H and O–H groups in total. The van der Waals surface area contributed by atoms with E-state index < -0.39 is 0 Å². The number of hydrogen-bond acceptors (Lipinski definition) is 6. The fraction of sp³-hybridized carbons (Fsp3) is 0.417. The fourth-order valence-corrected chi connectivity index (χ4v) is 1.46. The van der Waals surface area contributed by atoms with Gasteiger partial charge in [0, 0.05) is 19.7 Å². The first kappa shape index (κ1) is 13.3. The van der Waals surface area contributed by atoms with E-state index in [4.69, 9.17) is 19.3 Å². The van der Waals surface area contributed by atoms with Gasteiger partial charge in [-0.15, -0.1) is 0 Å². The molecular formula is C12H14N4O3. The molecule has 0 bridgehead atoms. The van der Waals surface area contributed by atoms with Gasteiger partial charge in [0.15, 0.2) is 5.82 Å². The van der Waals surface area contributed by atoms with E-state index in [-0.39, 0.29) is 0 Å². The summed E-state index contributed by atoms with van der Waals surface area (Å²) in [5.74, 6) is 0.939. The Morgan fingerprint density at radius 1 is 1.42 bits per heavy atom. The van der Waals surface area contributed by atoms with E-state index in [9.17, 15) is 0 Å². The van der Waals surface area contributed by atoms with E-state index in [2.05, 4.69) is 15.1 Å². The summed E-state index contributed by atoms with van der Waals surface area (Å²) in [6.45, 7) is 1.62. The highest BCUT2D eigenvalue weighted by Gasteiger charge is 2.10. The van der Waals surface area contributed by atoms with E-state index in [1.165, 1.54) is 0 Å². The third-order valence-corrected chi connectivity index (χ3v) is 2.41. The zero-order chi connectivity index (χ0) is 13.5. The van der Waals surface area contributed by atoms with Gasteiger partial charge in [-0.3, -0.25) is 0 Å². The van der Waals surface area contributed by atoms with Crippen LogP contribution >= 0.6 is 0 Å². The Kier molecular flexibility index (Phi) is 4.66. The summed E-state index contributed by atoms with van der Waals surface area (Å²) in [5, 5.41) is 12.6. The fourth-order valence-electron chi connectivity index (χ4n) is 1.46. The van der Waals surface area contributed by atoms with E-state index in [1.54, 1.807) is 19.4 Å². The molecule has 2 rings (SSSR count). The lowest BCUT2D eigenvalue weighted by atomic mass is 10.3. The second kappa shape index (κ2) is 6.68. The van der Waals surface area contributed by atoms with Gasteiger partial charge in [0.05, 0.1) is 25.4 Å². The van der Waals surface area contributed by atoms with Crippen LogP contribution in [0.5, 0.6) is 0 Å². The van der Waals surface area contributed by atoms with Crippen molar-refractivity contribution in [3.05, 3.63) is 23.7 Å². The predicted octanol–water partition coefficient (Wildman–Crippen LogP) is 1.14. The van der Waals surface area contributed by atoms with Gasteiger partial charge in [0.2, 0.25) is 0 Å². The van der Waals surface area contributed by atoms with Crippen molar-refractivity contribution in [3.8, 4) is 17.7 Å². The number of aromatic nitrogens is 3. The molecule has 0 amide bonds. The van der Waals surface area contributed by atoms with Crippen LogP contribution in [0.15, 0.2) is 16.8 Å². The number of ether oxygens (including phenoxy) is 2. The zero-order valence-corrected chi connectivity index (χ0v) is 10.5. The number of nitriles is 1. The molecule has 0 radical (unpaired) electrons. The number of hydrogen-bond donors (Lipinski definition) is 1. The molecule has 2 aromatic rings. The maximum absolute atomic E-state index is 8.73. The Hall–Kier alpha value is -2.17. The van der Waals surface area contributed by atoms with Gasteiger partial charge in [-0.2, -0.15) is 10.2 Å². The molecule has 2 heterocycles. The largest absolute Gasteiger partial charge is 0.382 e. The maximum atomic E-state index is 8.73. The van der Waals surface area contributed by atoms with Crippen molar-refractivity contribution in [1.82, 2.24) is 15.1 Å². The number of aromatic amines is 1. The predicted molar refractivity (Wildman–Crippen MR) is 65.2 cm³/mol. The lowest BCUT2D eigenvalue weighted by Crippen LogP contribution is -2.05. The SMILES string of the molecule is COCCOCCc1noc(-c2cc(C#N)c[nH]2)n1. The highest BCUT2D eigenvalue weighted by molar-refractivity contribution is 5.51. The smallest absolute Gasteiger partial charge is 0.274 e. The molecule has 0 saturated heterocycles. The Balaban J connectivity index is 1.87. The monoisotopic (exact) mass is 262 g/mol. The molecule has 0 aliphatic heterocycles. The number of methoxy groups -OCH3 is 1. The first-order chi connectivity index (χ1) is 9.33. The molecule has 0 spiro atoms. The van der Waals surface area contributed by atoms with E-state index in [0.717, 1.165) is 0 Å². The van der Waals surface area contributed by atoms with Crippen LogP contribution in [0, 0.1) is 11.3 Å². The van der Waals surface area contributed by atoms with Crippen LogP contribution in [-0.2, 0) is 15.9 Å². The van der Waals surface area contributed by atoms with Crippen molar-refractivity contribution >= 4 is 0 Å². The number of H-pyrrole nitrogens is 1. The van der Waals surface area contributed by atoms with Gasteiger partial charge in [0.1, 0.15) is 11.8 Å². The van der Waals surface area contributed by atoms with Crippen LogP contribution in [0.4, 0.5) is 0 Å². The Labute approximate surface area is 110 Å². The standard InChI is InChI=1S/C12H14N4O3/c1-17-4-5-18-3-2-11-15-12(19-16-11)10-6-9(7-13)8-14-10/h6,8,14H,2-5H2,1H3. The number of rotatable bonds is 7. The molecule has 0 unspecified atom stereocenters. The third-order valence-electron chi connectivity index (χ3n) is 2.41. The summed E-state index contributed by atoms with van der Waals surface area (Å²) in [7, 11) is 1.63. The second-order valence-corrected chi connectivity index (χ2v) is 3.78. The van der Waals surface area contributed by atoms with Gasteiger partial charge in [-0.05, 0) is 6.07 Å². The third kappa shape index (κ3) is 3.64. The minimum absolute atomic E-state index is 0.369. The van der Waals surface area contributed by atoms with Crippen molar-refractivity contribution in [3.63, 3.8) is 0 Å². The average Bonchev–Trinajstić information content (AvgIpc) is 3.07. The van der Waals surface area contributed by atoms with Gasteiger partial charge >= 0.3 is 0 Å². The van der Waals surface area contributed by atoms with Gasteiger partial charge in [0.25, 0.3) is 5.89 Å². The summed E-state index contributed by atoms with van der Waals surface area (Å²) in [5.41, 5.74) is 1.16. The first-order valence-corrected chi connectivity index (χ1v) is 5.81. The minimum Gasteiger partial charge on any atom is -0.382 e. The van der Waals surface area contributed by atoms with Gasteiger partial charge in [-0.1, -0.05) is 5.16 Å². The summed E-state index contributed by atoms with van der Waals surface area (Å²) >= 11 is 0. The normalized spacial score (nSPS) is 10.5. The van der Waals surface area contributed by atoms with E-state index >= 15 is 0 Å². The number of nitrogens with one attached hydrogen (secondary N) is 1. The topological polar surface area (TPSA) is 97.0 Å². The van der Waals surface area contributed by atoms with Crippen LogP contribution in [-0.4, -0.2) is 42.1 Å². The Morgan fingerprint density at radius 2 is 2.32 bits per heavy atom. The van der Waals surface area contributed by atoms with Crippen molar-refractivity contribution < 1.29 is 14.0 Å². The van der Waals surface area contributed by atoms with E-state index in [0.29, 0.717) is 49.2 Å². The molecule has 0 saturated carbocycles. The highest BCUT2D eigenvalue weighted by atomic mass is 16.5. The first-order valence-electron chi connectivity index (χ1n) is 5.81. The summed E-state index contributed by atoms with van der Waals surface area (Å²) in [4.78, 5) is 7.12. The molecule has 7 nitrogen and oxygen atoms in total. The molecule has 0 aliphatic rings. The summed E-state index contributed by atoms with van der Waals surface area (Å²) < 4.78 is 15.3. The van der Waals surface area contributed by atoms with E-state index in [1.807, 2.05) is 6.07 Å². The molecule has 0 atom stereocenters. The van der Waals surface area contributed by atoms with Gasteiger partial charge in [-0.25, -0.2) is 0 Å². The molecular weight excluding hydrogens is 248 g/mol. The van der Waals surface area contributed by atoms with Crippen molar-refractivity contribution in [1.29, 1.82) is 5.26 Å². The molecule has 2 aromatic heterocycles. The van der Waals surface area contributed by atoms with Crippen molar-refractivity contribution in [2.24, 2.45) is 0 Å². The highest BCUT2D eigenvalue weighted by Crippen LogP contribution is 2.16. The Morgan fingerprint density at radius 3 is 3.05 bits per heavy atom. The molecule has 0 fully saturated rings. The molecule has 7 heteroatoms. The van der Waals surface area contributed by atoms with Crippen LogP contribution < -0.4 is 0 Å². The summed E-state index contributed by atoms with van der Waals surface area (Å²) in [6, 6.07) is 3.68. The maximum Gasteiger partial charge on any atom is 0.274 e. The molecule has 19 heavy (non-hydrogen) atoms. The zero-order valence-electron chi connectivity index (χ0n) is 10.5. The second-order valence-electron chi connectivity index (χ2n) is 3.78. The Bertz CT molecular complexity index is 555. The molecule has 100 valence electrons. The lowest BCUT2D eigenvalue weighted by molar-refractivity contribution is 0.0714. The lowest BCUT2D eigenvalue weighted by Gasteiger charge is -1.99. The molecule has 0 aromatic carbocycles. The van der Waals surface area contributed by atoms with Crippen LogP contribution in [0.1, 0.15) is 11.4 Å². The van der Waals surface area contributed by atoms with Crippen molar-refractivity contribution in [2.75, 3.05) is 26.9 Å². The van der Waals surface area contributed by atoms with Gasteiger partial charge < -0.3 is 19.0 Å². The molecule has 0 aliphatic carbocycles. The van der Waals surface area contributed by atoms with Crippen LogP contribution in [0.25, 0.3) is 11.6 Å². The number of nitrogens with zero attached hydrogens (tertiary/aromatic N) is 3. The summed E-state index contributed by atoms with van der Waals surface area (Å²) in [6.07, 6.45) is 2.16. The average molecular weight is 262 g/mol. The van der Waals surface area contributed by atoms with Crippen LogP contribution in [0.3, 0.4) is 0 Å². The quantitative estimate of drug-likeness (QED) is 0.751. The van der Waals surface area contributed by atoms with Crippen molar-refractivity contribution in [2.45, 2.75) is 6.42 Å². The van der Waals surface area contributed by atoms with Crippen LogP contribution in [0.2, 0.25) is 0 Å².